The largest absolute Gasteiger partial charge is 0.369 e. The maximum Gasteiger partial charge on any atom is 0.154 e. The first-order valence-corrected chi connectivity index (χ1v) is 7.48. The molecule has 2 N–H and O–H groups in total. The summed E-state index contributed by atoms with van der Waals surface area (Å²) in [5, 5.41) is 15.3. The van der Waals surface area contributed by atoms with Crippen molar-refractivity contribution in [2.45, 2.75) is 26.3 Å². The number of halogens is 2. The zero-order valence-electron chi connectivity index (χ0n) is 12.2. The molecule has 0 fully saturated rings. The van der Waals surface area contributed by atoms with Crippen LogP contribution in [0.5, 0.6) is 0 Å². The zero-order valence-corrected chi connectivity index (χ0v) is 13.7. The number of nitrogens with one attached hydrogen (secondary N) is 2. The van der Waals surface area contributed by atoms with Gasteiger partial charge in [0.1, 0.15) is 18.0 Å². The Kier molecular flexibility index (Phi) is 5.25. The van der Waals surface area contributed by atoms with Crippen LogP contribution in [0.1, 0.15) is 32.1 Å². The molecule has 0 amide bonds. The molecule has 2 aromatic rings. The van der Waals surface area contributed by atoms with Gasteiger partial charge in [-0.1, -0.05) is 30.1 Å². The van der Waals surface area contributed by atoms with Crippen molar-refractivity contribution in [1.82, 2.24) is 19.7 Å². The van der Waals surface area contributed by atoms with Crippen LogP contribution < -0.4 is 10.6 Å². The molecule has 8 heteroatoms. The summed E-state index contributed by atoms with van der Waals surface area (Å²) in [6.07, 6.45) is 2.64. The number of hydrogen-bond acceptors (Lipinski definition) is 5. The fraction of sp³-hybridized carbons (Fsp3) is 0.462. The van der Waals surface area contributed by atoms with E-state index in [1.54, 1.807) is 12.4 Å². The number of anilines is 2. The van der Waals surface area contributed by atoms with Crippen molar-refractivity contribution in [2.24, 2.45) is 7.05 Å². The number of aromatic nitrogens is 4. The normalized spacial score (nSPS) is 12.2. The molecular weight excluding hydrogens is 311 g/mol. The van der Waals surface area contributed by atoms with Gasteiger partial charge in [0, 0.05) is 13.6 Å². The number of nitrogens with zero attached hydrogens (tertiary/aromatic N) is 4. The van der Waals surface area contributed by atoms with Crippen molar-refractivity contribution < 1.29 is 0 Å². The van der Waals surface area contributed by atoms with Crippen molar-refractivity contribution in [3.05, 3.63) is 28.3 Å². The van der Waals surface area contributed by atoms with Gasteiger partial charge in [-0.3, -0.25) is 0 Å². The third-order valence-electron chi connectivity index (χ3n) is 2.96. The fourth-order valence-corrected chi connectivity index (χ4v) is 2.37. The number of hydrogen-bond donors (Lipinski definition) is 2. The molecule has 0 spiro atoms. The highest BCUT2D eigenvalue weighted by molar-refractivity contribution is 6.37. The molecule has 21 heavy (non-hydrogen) atoms. The Morgan fingerprint density at radius 3 is 2.62 bits per heavy atom. The SMILES string of the molecule is CCCNc1nc(NC(C)c2nncn2C)c(Cl)cc1Cl. The van der Waals surface area contributed by atoms with Gasteiger partial charge in [0.15, 0.2) is 5.82 Å². The topological polar surface area (TPSA) is 67.7 Å². The third kappa shape index (κ3) is 3.77. The van der Waals surface area contributed by atoms with Crippen LogP contribution in [0.15, 0.2) is 12.4 Å². The standard InChI is InChI=1S/C13H18Cl2N6/c1-4-5-16-11-9(14)6-10(15)12(19-11)18-8(2)13-20-17-7-21(13)3/h6-8H,4-5H2,1-3H3,(H2,16,18,19). The van der Waals surface area contributed by atoms with E-state index in [1.165, 1.54) is 0 Å². The van der Waals surface area contributed by atoms with Crippen LogP contribution in [0.2, 0.25) is 10.0 Å². The molecular formula is C13H18Cl2N6. The van der Waals surface area contributed by atoms with E-state index < -0.39 is 0 Å². The lowest BCUT2D eigenvalue weighted by molar-refractivity contribution is 0.716. The van der Waals surface area contributed by atoms with Crippen LogP contribution >= 0.6 is 23.2 Å². The van der Waals surface area contributed by atoms with Crippen LogP contribution in [-0.4, -0.2) is 26.3 Å². The van der Waals surface area contributed by atoms with Gasteiger partial charge in [-0.25, -0.2) is 4.98 Å². The molecule has 0 aliphatic heterocycles. The highest BCUT2D eigenvalue weighted by atomic mass is 35.5. The summed E-state index contributed by atoms with van der Waals surface area (Å²) in [7, 11) is 1.89. The molecule has 0 saturated carbocycles. The first-order chi connectivity index (χ1) is 10.0. The van der Waals surface area contributed by atoms with Crippen molar-refractivity contribution in [1.29, 1.82) is 0 Å². The summed E-state index contributed by atoms with van der Waals surface area (Å²) >= 11 is 12.3. The van der Waals surface area contributed by atoms with Crippen LogP contribution in [0.25, 0.3) is 0 Å². The molecule has 1 unspecified atom stereocenters. The summed E-state index contributed by atoms with van der Waals surface area (Å²) < 4.78 is 1.84. The smallest absolute Gasteiger partial charge is 0.154 e. The molecule has 114 valence electrons. The average Bonchev–Trinajstić information content (AvgIpc) is 2.86. The molecule has 0 aliphatic rings. The van der Waals surface area contributed by atoms with Crippen LogP contribution in [-0.2, 0) is 7.05 Å². The highest BCUT2D eigenvalue weighted by Gasteiger charge is 2.15. The highest BCUT2D eigenvalue weighted by Crippen LogP contribution is 2.31. The lowest BCUT2D eigenvalue weighted by Crippen LogP contribution is -2.14. The Morgan fingerprint density at radius 1 is 1.29 bits per heavy atom. The second-order valence-electron chi connectivity index (χ2n) is 4.74. The zero-order chi connectivity index (χ0) is 15.4. The van der Waals surface area contributed by atoms with E-state index in [9.17, 15) is 0 Å². The van der Waals surface area contributed by atoms with Crippen molar-refractivity contribution in [3.8, 4) is 0 Å². The minimum absolute atomic E-state index is 0.0808. The summed E-state index contributed by atoms with van der Waals surface area (Å²) in [4.78, 5) is 4.45. The van der Waals surface area contributed by atoms with Gasteiger partial charge in [-0.15, -0.1) is 10.2 Å². The molecule has 2 aromatic heterocycles. The van der Waals surface area contributed by atoms with Gasteiger partial charge in [0.25, 0.3) is 0 Å². The summed E-state index contributed by atoms with van der Waals surface area (Å²) in [5.41, 5.74) is 0. The average molecular weight is 329 g/mol. The van der Waals surface area contributed by atoms with E-state index in [1.807, 2.05) is 18.5 Å². The lowest BCUT2D eigenvalue weighted by atomic mass is 10.3. The Hall–Kier alpha value is -1.53. The first kappa shape index (κ1) is 15.9. The van der Waals surface area contributed by atoms with Crippen LogP contribution in [0.4, 0.5) is 11.6 Å². The van der Waals surface area contributed by atoms with Crippen molar-refractivity contribution in [3.63, 3.8) is 0 Å². The molecule has 2 rings (SSSR count). The second-order valence-corrected chi connectivity index (χ2v) is 5.56. The Morgan fingerprint density at radius 2 is 2.00 bits per heavy atom. The maximum absolute atomic E-state index is 6.20. The summed E-state index contributed by atoms with van der Waals surface area (Å²) in [5.74, 6) is 1.98. The van der Waals surface area contributed by atoms with E-state index in [-0.39, 0.29) is 6.04 Å². The Balaban J connectivity index is 2.21. The maximum atomic E-state index is 6.20. The van der Waals surface area contributed by atoms with Crippen molar-refractivity contribution >= 4 is 34.8 Å². The van der Waals surface area contributed by atoms with Gasteiger partial charge in [-0.05, 0) is 19.4 Å². The van der Waals surface area contributed by atoms with E-state index in [0.29, 0.717) is 21.7 Å². The molecule has 0 aromatic carbocycles. The predicted molar refractivity (Wildman–Crippen MR) is 86.1 cm³/mol. The molecule has 6 nitrogen and oxygen atoms in total. The molecule has 0 saturated heterocycles. The van der Waals surface area contributed by atoms with Gasteiger partial charge in [-0.2, -0.15) is 0 Å². The molecule has 2 heterocycles. The summed E-state index contributed by atoms with van der Waals surface area (Å²) in [6.45, 7) is 4.84. The van der Waals surface area contributed by atoms with Crippen molar-refractivity contribution in [2.75, 3.05) is 17.2 Å². The van der Waals surface area contributed by atoms with E-state index in [0.717, 1.165) is 18.8 Å². The van der Waals surface area contributed by atoms with Gasteiger partial charge >= 0.3 is 0 Å². The van der Waals surface area contributed by atoms with Crippen LogP contribution in [0.3, 0.4) is 0 Å². The third-order valence-corrected chi connectivity index (χ3v) is 3.54. The molecule has 0 bridgehead atoms. The fourth-order valence-electron chi connectivity index (χ4n) is 1.89. The second kappa shape index (κ2) is 6.95. The number of aryl methyl sites for hydroxylation is 1. The Labute approximate surface area is 133 Å². The van der Waals surface area contributed by atoms with Gasteiger partial charge in [0.2, 0.25) is 0 Å². The minimum atomic E-state index is -0.0808. The van der Waals surface area contributed by atoms with E-state index in [4.69, 9.17) is 23.2 Å². The minimum Gasteiger partial charge on any atom is -0.369 e. The van der Waals surface area contributed by atoms with Gasteiger partial charge < -0.3 is 15.2 Å². The quantitative estimate of drug-likeness (QED) is 0.849. The lowest BCUT2D eigenvalue weighted by Gasteiger charge is -2.16. The monoisotopic (exact) mass is 328 g/mol. The first-order valence-electron chi connectivity index (χ1n) is 6.73. The summed E-state index contributed by atoms with van der Waals surface area (Å²) in [6, 6.07) is 1.60. The van der Waals surface area contributed by atoms with Crippen LogP contribution in [0, 0.1) is 0 Å². The molecule has 0 aliphatic carbocycles. The van der Waals surface area contributed by atoms with E-state index >= 15 is 0 Å². The number of rotatable bonds is 6. The predicted octanol–water partition coefficient (Wildman–Crippen LogP) is 3.51. The van der Waals surface area contributed by atoms with Gasteiger partial charge in [0.05, 0.1) is 16.1 Å². The Bertz CT molecular complexity index is 613. The number of pyridine rings is 1. The molecule has 0 radical (unpaired) electrons. The molecule has 1 atom stereocenters. The van der Waals surface area contributed by atoms with E-state index in [2.05, 4.69) is 32.7 Å².